The van der Waals surface area contributed by atoms with Gasteiger partial charge >= 0.3 is 0 Å². The summed E-state index contributed by atoms with van der Waals surface area (Å²) in [5, 5.41) is 21.7. The lowest BCUT2D eigenvalue weighted by Gasteiger charge is -2.17. The van der Waals surface area contributed by atoms with Crippen molar-refractivity contribution < 1.29 is 19.3 Å². The molecular weight excluding hydrogens is 460 g/mol. The van der Waals surface area contributed by atoms with Crippen LogP contribution in [-0.2, 0) is 13.2 Å². The van der Waals surface area contributed by atoms with Gasteiger partial charge in [0.2, 0.25) is 0 Å². The van der Waals surface area contributed by atoms with Gasteiger partial charge in [0.1, 0.15) is 24.7 Å². The Morgan fingerprint density at radius 1 is 0.583 bits per heavy atom. The summed E-state index contributed by atoms with van der Waals surface area (Å²) in [5.74, 6) is 1.45. The third-order valence-corrected chi connectivity index (χ3v) is 5.94. The van der Waals surface area contributed by atoms with E-state index < -0.39 is 9.85 Å². The Bertz CT molecular complexity index is 1290. The molecule has 0 saturated heterocycles. The van der Waals surface area contributed by atoms with Crippen molar-refractivity contribution in [1.29, 1.82) is 0 Å². The summed E-state index contributed by atoms with van der Waals surface area (Å²) in [4.78, 5) is 20.8. The summed E-state index contributed by atoms with van der Waals surface area (Å²) < 4.78 is 12.1. The van der Waals surface area contributed by atoms with Gasteiger partial charge in [0.15, 0.2) is 0 Å². The van der Waals surface area contributed by atoms with Crippen molar-refractivity contribution in [1.82, 2.24) is 0 Å². The number of non-ortho nitro benzene ring substituents is 2. The van der Waals surface area contributed by atoms with Crippen molar-refractivity contribution in [2.24, 2.45) is 0 Å². The molecule has 8 nitrogen and oxygen atoms in total. The summed E-state index contributed by atoms with van der Waals surface area (Å²) in [6.45, 7) is 4.56. The molecule has 4 aromatic rings. The summed E-state index contributed by atoms with van der Waals surface area (Å²) >= 11 is 0. The molecule has 0 heterocycles. The highest BCUT2D eigenvalue weighted by Crippen LogP contribution is 2.36. The predicted molar refractivity (Wildman–Crippen MR) is 136 cm³/mol. The third-order valence-electron chi connectivity index (χ3n) is 5.94. The molecule has 0 aliphatic rings. The normalized spacial score (nSPS) is 10.6. The molecule has 0 N–H and O–H groups in total. The number of nitro groups is 2. The van der Waals surface area contributed by atoms with Crippen LogP contribution in [0.3, 0.4) is 0 Å². The SMILES string of the molecule is Cc1c(OCc2ccc([N+](=O)[O-])cc2)cccc1-c1cccc(OCc2ccc([N+](=O)[O-])cc2)c1C. The van der Waals surface area contributed by atoms with Crippen LogP contribution in [0.4, 0.5) is 11.4 Å². The first-order chi connectivity index (χ1) is 17.3. The van der Waals surface area contributed by atoms with E-state index in [4.69, 9.17) is 9.47 Å². The highest BCUT2D eigenvalue weighted by Gasteiger charge is 2.13. The van der Waals surface area contributed by atoms with Crippen molar-refractivity contribution in [2.75, 3.05) is 0 Å². The van der Waals surface area contributed by atoms with Crippen molar-refractivity contribution >= 4 is 11.4 Å². The van der Waals surface area contributed by atoms with Crippen molar-refractivity contribution in [3.63, 3.8) is 0 Å². The maximum absolute atomic E-state index is 10.9. The molecule has 0 fully saturated rings. The minimum absolute atomic E-state index is 0.0445. The lowest BCUT2D eigenvalue weighted by molar-refractivity contribution is -0.385. The fourth-order valence-corrected chi connectivity index (χ4v) is 3.88. The van der Waals surface area contributed by atoms with Crippen LogP contribution in [0.1, 0.15) is 22.3 Å². The number of benzene rings is 4. The average molecular weight is 485 g/mol. The molecule has 0 aliphatic carbocycles. The lowest BCUT2D eigenvalue weighted by Crippen LogP contribution is -2.00. The quantitative estimate of drug-likeness (QED) is 0.188. The molecule has 0 radical (unpaired) electrons. The highest BCUT2D eigenvalue weighted by atomic mass is 16.6. The Balaban J connectivity index is 1.50. The molecule has 0 atom stereocenters. The maximum Gasteiger partial charge on any atom is 0.269 e. The first-order valence-electron chi connectivity index (χ1n) is 11.3. The lowest BCUT2D eigenvalue weighted by atomic mass is 9.95. The Kier molecular flexibility index (Phi) is 7.25. The number of ether oxygens (including phenoxy) is 2. The second kappa shape index (κ2) is 10.7. The van der Waals surface area contributed by atoms with Crippen LogP contribution in [0.25, 0.3) is 11.1 Å². The number of hydrogen-bond acceptors (Lipinski definition) is 6. The summed E-state index contributed by atoms with van der Waals surface area (Å²) in [6.07, 6.45) is 0. The minimum atomic E-state index is -0.426. The summed E-state index contributed by atoms with van der Waals surface area (Å²) in [7, 11) is 0. The Morgan fingerprint density at radius 3 is 1.28 bits per heavy atom. The average Bonchev–Trinajstić information content (AvgIpc) is 2.88. The van der Waals surface area contributed by atoms with Crippen molar-refractivity contribution in [3.8, 4) is 22.6 Å². The summed E-state index contributed by atoms with van der Waals surface area (Å²) in [5.41, 5.74) is 5.71. The molecule has 0 amide bonds. The van der Waals surface area contributed by atoms with Gasteiger partial charge < -0.3 is 9.47 Å². The zero-order valence-corrected chi connectivity index (χ0v) is 19.8. The van der Waals surface area contributed by atoms with Gasteiger partial charge in [-0.1, -0.05) is 24.3 Å². The van der Waals surface area contributed by atoms with E-state index in [2.05, 4.69) is 0 Å². The zero-order valence-electron chi connectivity index (χ0n) is 19.8. The molecule has 8 heteroatoms. The van der Waals surface area contributed by atoms with E-state index in [1.807, 2.05) is 50.2 Å². The highest BCUT2D eigenvalue weighted by molar-refractivity contribution is 5.74. The fraction of sp³-hybridized carbons (Fsp3) is 0.143. The van der Waals surface area contributed by atoms with Crippen LogP contribution in [0, 0.1) is 34.1 Å². The monoisotopic (exact) mass is 484 g/mol. The fourth-order valence-electron chi connectivity index (χ4n) is 3.88. The Morgan fingerprint density at radius 2 is 0.944 bits per heavy atom. The first kappa shape index (κ1) is 24.4. The van der Waals surface area contributed by atoms with E-state index in [9.17, 15) is 20.2 Å². The molecule has 4 rings (SSSR count). The topological polar surface area (TPSA) is 105 Å². The third kappa shape index (κ3) is 5.50. The Labute approximate surface area is 208 Å². The maximum atomic E-state index is 10.9. The van der Waals surface area contributed by atoms with Crippen LogP contribution in [-0.4, -0.2) is 9.85 Å². The van der Waals surface area contributed by atoms with Gasteiger partial charge in [-0.2, -0.15) is 0 Å². The van der Waals surface area contributed by atoms with Crippen LogP contribution < -0.4 is 9.47 Å². The van der Waals surface area contributed by atoms with Crippen LogP contribution >= 0.6 is 0 Å². The molecule has 182 valence electrons. The van der Waals surface area contributed by atoms with Gasteiger partial charge in [0.25, 0.3) is 11.4 Å². The molecule has 0 saturated carbocycles. The van der Waals surface area contributed by atoms with Gasteiger partial charge in [-0.15, -0.1) is 0 Å². The van der Waals surface area contributed by atoms with Crippen LogP contribution in [0.5, 0.6) is 11.5 Å². The van der Waals surface area contributed by atoms with Gasteiger partial charge in [0, 0.05) is 24.3 Å². The summed E-state index contributed by atoms with van der Waals surface area (Å²) in [6, 6.07) is 24.3. The molecule has 0 spiro atoms. The molecule has 0 aliphatic heterocycles. The second-order valence-corrected chi connectivity index (χ2v) is 8.28. The van der Waals surface area contributed by atoms with Crippen molar-refractivity contribution in [2.45, 2.75) is 27.1 Å². The van der Waals surface area contributed by atoms with Gasteiger partial charge in [0.05, 0.1) is 9.85 Å². The van der Waals surface area contributed by atoms with E-state index in [-0.39, 0.29) is 11.4 Å². The van der Waals surface area contributed by atoms with E-state index in [1.54, 1.807) is 24.3 Å². The minimum Gasteiger partial charge on any atom is -0.489 e. The van der Waals surface area contributed by atoms with Gasteiger partial charge in [-0.25, -0.2) is 0 Å². The second-order valence-electron chi connectivity index (χ2n) is 8.28. The predicted octanol–water partition coefficient (Wildman–Crippen LogP) is 6.94. The van der Waals surface area contributed by atoms with E-state index in [1.165, 1.54) is 24.3 Å². The van der Waals surface area contributed by atoms with Gasteiger partial charge in [-0.05, 0) is 83.6 Å². The number of nitro benzene ring substituents is 2. The van der Waals surface area contributed by atoms with Gasteiger partial charge in [-0.3, -0.25) is 20.2 Å². The first-order valence-corrected chi connectivity index (χ1v) is 11.3. The number of rotatable bonds is 9. The van der Waals surface area contributed by atoms with Crippen molar-refractivity contribution in [3.05, 3.63) is 127 Å². The standard InChI is InChI=1S/C28H24N2O6/c1-19-25(5-3-7-27(19)35-17-21-9-13-23(14-10-21)29(31)32)26-6-4-8-28(20(26)2)36-18-22-11-15-24(16-12-22)30(33)34/h3-16H,17-18H2,1-2H3. The Hall–Kier alpha value is -4.72. The smallest absolute Gasteiger partial charge is 0.269 e. The molecule has 4 aromatic carbocycles. The van der Waals surface area contributed by atoms with E-state index in [0.717, 1.165) is 44.9 Å². The number of nitrogens with zero attached hydrogens (tertiary/aromatic N) is 2. The number of hydrogen-bond donors (Lipinski definition) is 0. The molecule has 0 unspecified atom stereocenters. The van der Waals surface area contributed by atoms with Crippen LogP contribution in [0.15, 0.2) is 84.9 Å². The largest absolute Gasteiger partial charge is 0.489 e. The molecular formula is C28H24N2O6. The molecule has 0 aromatic heterocycles. The van der Waals surface area contributed by atoms with E-state index in [0.29, 0.717) is 13.2 Å². The van der Waals surface area contributed by atoms with Crippen LogP contribution in [0.2, 0.25) is 0 Å². The molecule has 36 heavy (non-hydrogen) atoms. The van der Waals surface area contributed by atoms with E-state index >= 15 is 0 Å². The zero-order chi connectivity index (χ0) is 25.7. The molecule has 0 bridgehead atoms.